The molecule has 7 heteroatoms. The molecule has 2 aromatic heterocycles. The molecular formula is C15H20N4O3. The minimum absolute atomic E-state index is 0.0689. The van der Waals surface area contributed by atoms with Gasteiger partial charge in [0.1, 0.15) is 0 Å². The van der Waals surface area contributed by atoms with Gasteiger partial charge in [-0.15, -0.1) is 0 Å². The highest BCUT2D eigenvalue weighted by Crippen LogP contribution is 2.17. The standard InChI is InChI=1S/C15H20N4O3/c1-4-18(6-5-13(20)21)15(22)12-7-11-9-17-19(10(2)3)14(11)16-8-12/h7-10H,4-6H2,1-3H3,(H,20,21). The summed E-state index contributed by atoms with van der Waals surface area (Å²) in [6.45, 7) is 6.49. The lowest BCUT2D eigenvalue weighted by molar-refractivity contribution is -0.137. The van der Waals surface area contributed by atoms with E-state index in [2.05, 4.69) is 10.1 Å². The number of aromatic nitrogens is 3. The molecule has 0 fully saturated rings. The predicted octanol–water partition coefficient (Wildman–Crippen LogP) is 1.95. The molecule has 0 radical (unpaired) electrons. The number of amides is 1. The van der Waals surface area contributed by atoms with Crippen LogP contribution < -0.4 is 0 Å². The summed E-state index contributed by atoms with van der Waals surface area (Å²) in [6.07, 6.45) is 3.14. The third kappa shape index (κ3) is 3.24. The summed E-state index contributed by atoms with van der Waals surface area (Å²) in [5, 5.41) is 13.8. The largest absolute Gasteiger partial charge is 0.481 e. The molecule has 2 heterocycles. The van der Waals surface area contributed by atoms with Crippen LogP contribution in [-0.4, -0.2) is 49.7 Å². The van der Waals surface area contributed by atoms with E-state index in [1.807, 2.05) is 20.8 Å². The number of carboxylic acid groups (broad SMARTS) is 1. The maximum Gasteiger partial charge on any atom is 0.305 e. The highest BCUT2D eigenvalue weighted by molar-refractivity contribution is 5.97. The molecule has 2 aromatic rings. The van der Waals surface area contributed by atoms with Crippen molar-refractivity contribution in [2.24, 2.45) is 0 Å². The fourth-order valence-electron chi connectivity index (χ4n) is 2.25. The number of carboxylic acids is 1. The van der Waals surface area contributed by atoms with E-state index in [0.29, 0.717) is 12.1 Å². The Morgan fingerprint density at radius 1 is 1.36 bits per heavy atom. The van der Waals surface area contributed by atoms with E-state index in [0.717, 1.165) is 11.0 Å². The lowest BCUT2D eigenvalue weighted by Crippen LogP contribution is -2.32. The van der Waals surface area contributed by atoms with Gasteiger partial charge in [0.05, 0.1) is 18.2 Å². The van der Waals surface area contributed by atoms with Gasteiger partial charge in [0.25, 0.3) is 5.91 Å². The molecule has 22 heavy (non-hydrogen) atoms. The van der Waals surface area contributed by atoms with Gasteiger partial charge in [-0.2, -0.15) is 5.10 Å². The summed E-state index contributed by atoms with van der Waals surface area (Å²) in [4.78, 5) is 28.9. The highest BCUT2D eigenvalue weighted by atomic mass is 16.4. The zero-order chi connectivity index (χ0) is 16.3. The summed E-state index contributed by atoms with van der Waals surface area (Å²) in [5.74, 6) is -1.13. The SMILES string of the molecule is CCN(CCC(=O)O)C(=O)c1cnc2c(cnn2C(C)C)c1. The molecule has 7 nitrogen and oxygen atoms in total. The molecule has 0 aliphatic carbocycles. The van der Waals surface area contributed by atoms with Gasteiger partial charge in [-0.05, 0) is 26.8 Å². The zero-order valence-corrected chi connectivity index (χ0v) is 13.0. The van der Waals surface area contributed by atoms with Crippen molar-refractivity contribution in [3.05, 3.63) is 24.0 Å². The van der Waals surface area contributed by atoms with Gasteiger partial charge in [0.2, 0.25) is 0 Å². The van der Waals surface area contributed by atoms with Gasteiger partial charge in [-0.25, -0.2) is 9.67 Å². The number of hydrogen-bond acceptors (Lipinski definition) is 4. The Hall–Kier alpha value is -2.44. The van der Waals surface area contributed by atoms with E-state index >= 15 is 0 Å². The number of aliphatic carboxylic acids is 1. The Kier molecular flexibility index (Phi) is 4.75. The Morgan fingerprint density at radius 3 is 2.68 bits per heavy atom. The molecule has 0 aliphatic heterocycles. The minimum atomic E-state index is -0.918. The second-order valence-corrected chi connectivity index (χ2v) is 5.35. The normalized spacial score (nSPS) is 11.1. The number of hydrogen-bond donors (Lipinski definition) is 1. The van der Waals surface area contributed by atoms with Crippen LogP contribution in [0.4, 0.5) is 0 Å². The number of carbonyl (C=O) groups is 2. The summed E-state index contributed by atoms with van der Waals surface area (Å²) in [5.41, 5.74) is 1.18. The van der Waals surface area contributed by atoms with Gasteiger partial charge in [-0.1, -0.05) is 0 Å². The Balaban J connectivity index is 2.26. The smallest absolute Gasteiger partial charge is 0.305 e. The molecule has 0 aromatic carbocycles. The van der Waals surface area contributed by atoms with Crippen LogP contribution in [0.25, 0.3) is 11.0 Å². The first kappa shape index (κ1) is 15.9. The molecule has 1 amide bonds. The van der Waals surface area contributed by atoms with Crippen LogP contribution in [0.15, 0.2) is 18.5 Å². The molecule has 0 unspecified atom stereocenters. The average Bonchev–Trinajstić information content (AvgIpc) is 2.90. The van der Waals surface area contributed by atoms with Gasteiger partial charge >= 0.3 is 5.97 Å². The molecule has 1 N–H and O–H groups in total. The van der Waals surface area contributed by atoms with Crippen molar-refractivity contribution in [2.45, 2.75) is 33.2 Å². The van der Waals surface area contributed by atoms with Crippen LogP contribution in [0.3, 0.4) is 0 Å². The van der Waals surface area contributed by atoms with E-state index in [9.17, 15) is 9.59 Å². The Labute approximate surface area is 128 Å². The van der Waals surface area contributed by atoms with Gasteiger partial charge in [0.15, 0.2) is 5.65 Å². The minimum Gasteiger partial charge on any atom is -0.481 e. The van der Waals surface area contributed by atoms with Crippen LogP contribution in [0.5, 0.6) is 0 Å². The fourth-order valence-corrected chi connectivity index (χ4v) is 2.25. The summed E-state index contributed by atoms with van der Waals surface area (Å²) in [7, 11) is 0. The van der Waals surface area contributed by atoms with Crippen molar-refractivity contribution in [2.75, 3.05) is 13.1 Å². The first-order chi connectivity index (χ1) is 10.4. The summed E-state index contributed by atoms with van der Waals surface area (Å²) < 4.78 is 1.80. The number of pyridine rings is 1. The summed E-state index contributed by atoms with van der Waals surface area (Å²) in [6, 6.07) is 1.94. The van der Waals surface area contributed by atoms with Gasteiger partial charge in [-0.3, -0.25) is 9.59 Å². The van der Waals surface area contributed by atoms with Crippen molar-refractivity contribution in [3.8, 4) is 0 Å². The van der Waals surface area contributed by atoms with Crippen LogP contribution in [-0.2, 0) is 4.79 Å². The second-order valence-electron chi connectivity index (χ2n) is 5.35. The number of carbonyl (C=O) groups excluding carboxylic acids is 1. The van der Waals surface area contributed by atoms with E-state index in [1.54, 1.807) is 16.9 Å². The Bertz CT molecular complexity index is 693. The summed E-state index contributed by atoms with van der Waals surface area (Å²) >= 11 is 0. The van der Waals surface area contributed by atoms with Crippen molar-refractivity contribution in [3.63, 3.8) is 0 Å². The van der Waals surface area contributed by atoms with Gasteiger partial charge in [0, 0.05) is 30.7 Å². The third-order valence-electron chi connectivity index (χ3n) is 3.43. The maximum atomic E-state index is 12.4. The van der Waals surface area contributed by atoms with E-state index in [-0.39, 0.29) is 24.9 Å². The van der Waals surface area contributed by atoms with E-state index in [1.165, 1.54) is 11.1 Å². The van der Waals surface area contributed by atoms with Crippen molar-refractivity contribution in [1.29, 1.82) is 0 Å². The van der Waals surface area contributed by atoms with Crippen LogP contribution >= 0.6 is 0 Å². The lowest BCUT2D eigenvalue weighted by atomic mass is 10.2. The topological polar surface area (TPSA) is 88.3 Å². The maximum absolute atomic E-state index is 12.4. The second kappa shape index (κ2) is 6.55. The highest BCUT2D eigenvalue weighted by Gasteiger charge is 2.17. The number of rotatable bonds is 6. The zero-order valence-electron chi connectivity index (χ0n) is 13.0. The van der Waals surface area contributed by atoms with Crippen LogP contribution in [0, 0.1) is 0 Å². The molecule has 0 spiro atoms. The number of nitrogens with zero attached hydrogens (tertiary/aromatic N) is 4. The van der Waals surface area contributed by atoms with E-state index < -0.39 is 5.97 Å². The lowest BCUT2D eigenvalue weighted by Gasteiger charge is -2.19. The molecule has 0 aliphatic rings. The number of fused-ring (bicyclic) bond motifs is 1. The molecular weight excluding hydrogens is 284 g/mol. The van der Waals surface area contributed by atoms with E-state index in [4.69, 9.17) is 5.11 Å². The molecule has 0 atom stereocenters. The molecule has 118 valence electrons. The third-order valence-corrected chi connectivity index (χ3v) is 3.43. The molecule has 0 saturated carbocycles. The van der Waals surface area contributed by atoms with Gasteiger partial charge < -0.3 is 10.0 Å². The monoisotopic (exact) mass is 304 g/mol. The molecule has 2 rings (SSSR count). The predicted molar refractivity (Wildman–Crippen MR) is 81.7 cm³/mol. The van der Waals surface area contributed by atoms with Crippen molar-refractivity contribution < 1.29 is 14.7 Å². The quantitative estimate of drug-likeness (QED) is 0.881. The fraction of sp³-hybridized carbons (Fsp3) is 0.467. The van der Waals surface area contributed by atoms with Crippen molar-refractivity contribution in [1.82, 2.24) is 19.7 Å². The first-order valence-electron chi connectivity index (χ1n) is 7.28. The Morgan fingerprint density at radius 2 is 2.09 bits per heavy atom. The molecule has 0 bridgehead atoms. The molecule has 0 saturated heterocycles. The van der Waals surface area contributed by atoms with Crippen LogP contribution in [0.2, 0.25) is 0 Å². The average molecular weight is 304 g/mol. The van der Waals surface area contributed by atoms with Crippen molar-refractivity contribution >= 4 is 22.9 Å². The first-order valence-corrected chi connectivity index (χ1v) is 7.28. The van der Waals surface area contributed by atoms with Crippen LogP contribution in [0.1, 0.15) is 43.6 Å².